The summed E-state index contributed by atoms with van der Waals surface area (Å²) in [6.07, 6.45) is -1.49. The maximum absolute atomic E-state index is 15.4. The zero-order valence-electron chi connectivity index (χ0n) is 29.8. The number of carbonyl (C=O) groups is 1. The number of carbonyl (C=O) groups excluding carboxylic acids is 1. The van der Waals surface area contributed by atoms with Crippen molar-refractivity contribution in [1.82, 2.24) is 39.6 Å². The van der Waals surface area contributed by atoms with Gasteiger partial charge in [-0.05, 0) is 48.6 Å². The second kappa shape index (κ2) is 13.3. The van der Waals surface area contributed by atoms with Crippen LogP contribution in [0.4, 0.5) is 36.6 Å². The van der Waals surface area contributed by atoms with E-state index in [1.807, 2.05) is 0 Å². The molecule has 0 radical (unpaired) electrons. The Kier molecular flexibility index (Phi) is 8.95. The van der Waals surface area contributed by atoms with E-state index in [2.05, 4.69) is 25.3 Å². The number of sulfonamides is 1. The average Bonchev–Trinajstić information content (AvgIpc) is 3.32. The standard InChI is InChI=1S/C36H29ClF7N9O3S/c1-51-14-17(13-45-51)25-7-5-20(21-4-6-24(37)29-31(21)52(2)49-34(29)50-57(3,55)56)30(47-25)26(10-16-8-18(38)11-19(39)9-16)46-27(54)15-53-33-28(32(48-53)36(42,43)44)22-12-23(22)35(33,40)41/h4-9,11,13-14,22-23,26H,10,12,15H2,1-3H3,(H,46,54)(H,49,50)/t22-,23?,26-/m0/s1. The number of hydrogen-bond acceptors (Lipinski definition) is 7. The molecule has 6 aromatic rings. The monoisotopic (exact) mass is 835 g/mol. The molecule has 2 N–H and O–H groups in total. The van der Waals surface area contributed by atoms with E-state index >= 15 is 8.78 Å². The molecule has 1 fully saturated rings. The zero-order chi connectivity index (χ0) is 40.9. The van der Waals surface area contributed by atoms with Crippen molar-refractivity contribution in [1.29, 1.82) is 0 Å². The molecule has 0 saturated heterocycles. The molecule has 1 unspecified atom stereocenters. The third kappa shape index (κ3) is 6.98. The summed E-state index contributed by atoms with van der Waals surface area (Å²) in [6.45, 7) is -1.06. The maximum atomic E-state index is 15.4. The molecule has 2 aliphatic carbocycles. The fourth-order valence-electron chi connectivity index (χ4n) is 7.67. The van der Waals surface area contributed by atoms with Gasteiger partial charge in [0.25, 0.3) is 5.92 Å². The SMILES string of the molecule is Cn1cc(-c2ccc(-c3ccc(Cl)c4c(NS(C)(=O)=O)nn(C)c34)c([C@H](Cc3cc(F)cc(F)c3)NC(=O)Cn3nc(C(F)(F)F)c4c3C(F)(F)C3C[C@H]43)n2)cn1. The molecule has 21 heteroatoms. The van der Waals surface area contributed by atoms with Gasteiger partial charge in [0, 0.05) is 54.5 Å². The van der Waals surface area contributed by atoms with E-state index in [4.69, 9.17) is 16.6 Å². The Balaban J connectivity index is 1.29. The molecule has 2 aliphatic rings. The third-order valence-corrected chi connectivity index (χ3v) is 10.8. The van der Waals surface area contributed by atoms with Gasteiger partial charge in [-0.3, -0.25) is 23.6 Å². The van der Waals surface area contributed by atoms with Gasteiger partial charge in [-0.1, -0.05) is 23.7 Å². The summed E-state index contributed by atoms with van der Waals surface area (Å²) in [5.41, 5.74) is -1.22. The van der Waals surface area contributed by atoms with Crippen molar-refractivity contribution in [3.05, 3.63) is 99.7 Å². The van der Waals surface area contributed by atoms with Gasteiger partial charge in [-0.2, -0.15) is 37.2 Å². The average molecular weight is 836 g/mol. The molecule has 4 aromatic heterocycles. The summed E-state index contributed by atoms with van der Waals surface area (Å²) < 4.78 is 132. The molecule has 0 bridgehead atoms. The molecule has 298 valence electrons. The van der Waals surface area contributed by atoms with Crippen molar-refractivity contribution >= 4 is 44.3 Å². The summed E-state index contributed by atoms with van der Waals surface area (Å²) in [5, 5.41) is 14.9. The number of nitrogens with one attached hydrogen (secondary N) is 2. The maximum Gasteiger partial charge on any atom is 0.435 e. The highest BCUT2D eigenvalue weighted by Gasteiger charge is 2.68. The summed E-state index contributed by atoms with van der Waals surface area (Å²) in [7, 11) is -0.643. The van der Waals surface area contributed by atoms with Gasteiger partial charge in [0.05, 0.1) is 45.8 Å². The van der Waals surface area contributed by atoms with Crippen LogP contribution in [-0.4, -0.2) is 54.9 Å². The Labute approximate surface area is 323 Å². The van der Waals surface area contributed by atoms with E-state index in [1.165, 1.54) is 28.7 Å². The van der Waals surface area contributed by atoms with Crippen molar-refractivity contribution in [2.45, 2.75) is 43.4 Å². The van der Waals surface area contributed by atoms with Crippen LogP contribution < -0.4 is 10.0 Å². The Morgan fingerprint density at radius 1 is 1.05 bits per heavy atom. The predicted molar refractivity (Wildman–Crippen MR) is 193 cm³/mol. The lowest BCUT2D eigenvalue weighted by molar-refractivity contribution is -0.142. The smallest absolute Gasteiger partial charge is 0.346 e. The fourth-order valence-corrected chi connectivity index (χ4v) is 8.41. The number of hydrogen-bond donors (Lipinski definition) is 2. The molecule has 1 amide bonds. The Hall–Kier alpha value is -5.50. The molecule has 2 aromatic carbocycles. The highest BCUT2D eigenvalue weighted by molar-refractivity contribution is 7.92. The number of anilines is 1. The quantitative estimate of drug-likeness (QED) is 0.144. The van der Waals surface area contributed by atoms with Crippen LogP contribution in [0.2, 0.25) is 5.02 Å². The van der Waals surface area contributed by atoms with Crippen LogP contribution in [0, 0.1) is 17.6 Å². The van der Waals surface area contributed by atoms with Crippen molar-refractivity contribution in [3.63, 3.8) is 0 Å². The zero-order valence-corrected chi connectivity index (χ0v) is 31.4. The number of fused-ring (bicyclic) bond motifs is 4. The number of halogens is 8. The first-order valence-electron chi connectivity index (χ1n) is 17.1. The molecule has 57 heavy (non-hydrogen) atoms. The van der Waals surface area contributed by atoms with Crippen LogP contribution in [0.3, 0.4) is 0 Å². The fraction of sp³-hybridized carbons (Fsp3) is 0.306. The predicted octanol–water partition coefficient (Wildman–Crippen LogP) is 6.86. The number of pyridine rings is 1. The summed E-state index contributed by atoms with van der Waals surface area (Å²) in [6, 6.07) is 7.64. The number of aryl methyl sites for hydroxylation is 2. The Morgan fingerprint density at radius 3 is 2.40 bits per heavy atom. The van der Waals surface area contributed by atoms with Crippen molar-refractivity contribution < 1.29 is 43.9 Å². The molecular weight excluding hydrogens is 807 g/mol. The van der Waals surface area contributed by atoms with Crippen molar-refractivity contribution in [2.24, 2.45) is 20.0 Å². The van der Waals surface area contributed by atoms with Gasteiger partial charge in [0.2, 0.25) is 15.9 Å². The lowest BCUT2D eigenvalue weighted by Crippen LogP contribution is -2.35. The molecule has 3 atom stereocenters. The summed E-state index contributed by atoms with van der Waals surface area (Å²) >= 11 is 6.59. The number of alkyl halides is 5. The van der Waals surface area contributed by atoms with Crippen molar-refractivity contribution in [3.8, 4) is 22.4 Å². The van der Waals surface area contributed by atoms with E-state index in [0.717, 1.165) is 18.4 Å². The number of rotatable bonds is 10. The number of aromatic nitrogens is 7. The largest absolute Gasteiger partial charge is 0.435 e. The Morgan fingerprint density at radius 2 is 1.75 bits per heavy atom. The molecule has 1 saturated carbocycles. The minimum Gasteiger partial charge on any atom is -0.346 e. The molecule has 4 heterocycles. The molecule has 0 aliphatic heterocycles. The van der Waals surface area contributed by atoms with Gasteiger partial charge in [-0.25, -0.2) is 22.2 Å². The molecule has 12 nitrogen and oxygen atoms in total. The van der Waals surface area contributed by atoms with Crippen LogP contribution in [0.1, 0.15) is 46.6 Å². The number of amides is 1. The molecular formula is C36H29ClF7N9O3S. The van der Waals surface area contributed by atoms with Crippen LogP contribution >= 0.6 is 11.6 Å². The van der Waals surface area contributed by atoms with E-state index in [1.54, 1.807) is 31.4 Å². The highest BCUT2D eigenvalue weighted by atomic mass is 35.5. The lowest BCUT2D eigenvalue weighted by atomic mass is 9.93. The van der Waals surface area contributed by atoms with Crippen LogP contribution in [0.25, 0.3) is 33.3 Å². The lowest BCUT2D eigenvalue weighted by Gasteiger charge is -2.23. The van der Waals surface area contributed by atoms with Gasteiger partial charge < -0.3 is 5.32 Å². The van der Waals surface area contributed by atoms with Crippen molar-refractivity contribution in [2.75, 3.05) is 11.0 Å². The van der Waals surface area contributed by atoms with E-state index < -0.39 is 81.0 Å². The van der Waals surface area contributed by atoms with Crippen LogP contribution in [0.5, 0.6) is 0 Å². The van der Waals surface area contributed by atoms with Gasteiger partial charge in [-0.15, -0.1) is 0 Å². The molecule has 8 rings (SSSR count). The third-order valence-electron chi connectivity index (χ3n) is 9.96. The number of benzene rings is 2. The number of nitrogens with zero attached hydrogens (tertiary/aromatic N) is 7. The highest BCUT2D eigenvalue weighted by Crippen LogP contribution is 2.68. The summed E-state index contributed by atoms with van der Waals surface area (Å²) in [4.78, 5) is 18.8. The first-order chi connectivity index (χ1) is 26.7. The van der Waals surface area contributed by atoms with E-state index in [9.17, 15) is 35.2 Å². The second-order valence-electron chi connectivity index (χ2n) is 14.1. The first kappa shape index (κ1) is 38.4. The minimum absolute atomic E-state index is 0.0321. The van der Waals surface area contributed by atoms with Crippen LogP contribution in [-0.2, 0) is 54.0 Å². The topological polar surface area (TPSA) is 142 Å². The second-order valence-corrected chi connectivity index (χ2v) is 16.3. The van der Waals surface area contributed by atoms with Gasteiger partial charge in [0.15, 0.2) is 11.5 Å². The molecule has 0 spiro atoms. The van der Waals surface area contributed by atoms with Crippen LogP contribution in [0.15, 0.2) is 54.9 Å². The summed E-state index contributed by atoms with van der Waals surface area (Å²) in [5.74, 6) is -9.10. The van der Waals surface area contributed by atoms with Gasteiger partial charge >= 0.3 is 6.18 Å². The van der Waals surface area contributed by atoms with E-state index in [-0.39, 0.29) is 45.9 Å². The normalized spacial score (nSPS) is 17.7. The Bertz CT molecular complexity index is 2730. The minimum atomic E-state index is -5.07. The first-order valence-corrected chi connectivity index (χ1v) is 19.4. The van der Waals surface area contributed by atoms with Gasteiger partial charge in [0.1, 0.15) is 23.9 Å². The van der Waals surface area contributed by atoms with E-state index in [0.29, 0.717) is 33.1 Å².